The van der Waals surface area contributed by atoms with Gasteiger partial charge < -0.3 is 5.73 Å². The second-order valence-corrected chi connectivity index (χ2v) is 6.81. The minimum atomic E-state index is -0.331. The summed E-state index contributed by atoms with van der Waals surface area (Å²) in [6.07, 6.45) is 0.195. The van der Waals surface area contributed by atoms with Gasteiger partial charge in [0, 0.05) is 12.2 Å². The van der Waals surface area contributed by atoms with Gasteiger partial charge in [-0.2, -0.15) is 5.26 Å². The maximum Gasteiger partial charge on any atom is 0.190 e. The Kier molecular flexibility index (Phi) is 5.49. The molecule has 0 saturated heterocycles. The molecule has 0 saturated carbocycles. The Hall–Kier alpha value is -2.91. The van der Waals surface area contributed by atoms with E-state index in [-0.39, 0.29) is 23.6 Å². The predicted octanol–water partition coefficient (Wildman–Crippen LogP) is 4.26. The molecule has 0 amide bonds. The van der Waals surface area contributed by atoms with Crippen molar-refractivity contribution in [2.45, 2.75) is 24.3 Å². The van der Waals surface area contributed by atoms with Gasteiger partial charge in [-0.1, -0.05) is 59.8 Å². The van der Waals surface area contributed by atoms with E-state index in [1.165, 1.54) is 23.4 Å². The lowest BCUT2D eigenvalue weighted by Gasteiger charge is -2.09. The topological polar surface area (TPSA) is 75.6 Å². The maximum absolute atomic E-state index is 14.0. The summed E-state index contributed by atoms with van der Waals surface area (Å²) in [6, 6.07) is 16.6. The number of aryl methyl sites for hydroxylation is 1. The molecule has 6 heteroatoms. The molecular formula is C20H17FN4S. The molecule has 1 aromatic heterocycles. The predicted molar refractivity (Wildman–Crippen MR) is 101 cm³/mol. The van der Waals surface area contributed by atoms with Crippen LogP contribution >= 0.6 is 11.8 Å². The number of hydrogen-bond acceptors (Lipinski definition) is 5. The van der Waals surface area contributed by atoms with Crippen molar-refractivity contribution in [3.63, 3.8) is 0 Å². The number of nitrogen functional groups attached to an aromatic ring is 1. The minimum absolute atomic E-state index is 0.126. The molecule has 3 rings (SSSR count). The first kappa shape index (κ1) is 17.9. The van der Waals surface area contributed by atoms with Crippen LogP contribution < -0.4 is 5.73 Å². The summed E-state index contributed by atoms with van der Waals surface area (Å²) < 4.78 is 14.0. The van der Waals surface area contributed by atoms with Crippen LogP contribution in [0.15, 0.2) is 53.7 Å². The standard InChI is InChI=1S/C20H17FN4S/c1-13-5-4-6-14(9-13)12-26-20-24-18(16(11-22)19(23)25-20)10-15-7-2-3-8-17(15)21/h2-9H,10,12H2,1H3,(H2,23,24,25). The third-order valence-corrected chi connectivity index (χ3v) is 4.79. The molecule has 26 heavy (non-hydrogen) atoms. The fraction of sp³-hybridized carbons (Fsp3) is 0.150. The largest absolute Gasteiger partial charge is 0.382 e. The van der Waals surface area contributed by atoms with E-state index in [2.05, 4.69) is 16.0 Å². The van der Waals surface area contributed by atoms with E-state index in [1.54, 1.807) is 18.2 Å². The number of halogens is 1. The Bertz CT molecular complexity index is 982. The van der Waals surface area contributed by atoms with Crippen LogP contribution in [-0.2, 0) is 12.2 Å². The first-order valence-electron chi connectivity index (χ1n) is 8.05. The SMILES string of the molecule is Cc1cccc(CSc2nc(N)c(C#N)c(Cc3ccccc3F)n2)c1. The van der Waals surface area contributed by atoms with E-state index in [0.29, 0.717) is 22.2 Å². The molecule has 2 N–H and O–H groups in total. The lowest BCUT2D eigenvalue weighted by Crippen LogP contribution is -2.06. The smallest absolute Gasteiger partial charge is 0.190 e. The van der Waals surface area contributed by atoms with Gasteiger partial charge in [0.1, 0.15) is 23.3 Å². The summed E-state index contributed by atoms with van der Waals surface area (Å²) in [4.78, 5) is 8.68. The number of rotatable bonds is 5. The van der Waals surface area contributed by atoms with Crippen LogP contribution in [0.1, 0.15) is 27.9 Å². The van der Waals surface area contributed by atoms with Gasteiger partial charge in [0.2, 0.25) is 0 Å². The number of aromatic nitrogens is 2. The summed E-state index contributed by atoms with van der Waals surface area (Å²) in [5.74, 6) is 0.481. The van der Waals surface area contributed by atoms with Crippen LogP contribution in [0.4, 0.5) is 10.2 Å². The van der Waals surface area contributed by atoms with E-state index in [9.17, 15) is 9.65 Å². The lowest BCUT2D eigenvalue weighted by molar-refractivity contribution is 0.612. The van der Waals surface area contributed by atoms with Crippen molar-refractivity contribution >= 4 is 17.6 Å². The van der Waals surface area contributed by atoms with E-state index >= 15 is 0 Å². The number of nitrogens with zero attached hydrogens (tertiary/aromatic N) is 3. The minimum Gasteiger partial charge on any atom is -0.382 e. The Labute approximate surface area is 155 Å². The molecule has 2 aromatic carbocycles. The molecule has 0 aliphatic rings. The fourth-order valence-corrected chi connectivity index (χ4v) is 3.40. The van der Waals surface area contributed by atoms with E-state index < -0.39 is 0 Å². The first-order valence-corrected chi connectivity index (χ1v) is 9.03. The van der Waals surface area contributed by atoms with Crippen molar-refractivity contribution in [2.24, 2.45) is 0 Å². The zero-order valence-electron chi connectivity index (χ0n) is 14.2. The maximum atomic E-state index is 14.0. The molecule has 0 aliphatic carbocycles. The van der Waals surface area contributed by atoms with Crippen LogP contribution in [0, 0.1) is 24.1 Å². The summed E-state index contributed by atoms with van der Waals surface area (Å²) in [6.45, 7) is 2.04. The van der Waals surface area contributed by atoms with Gasteiger partial charge in [-0.3, -0.25) is 0 Å². The van der Waals surface area contributed by atoms with Crippen molar-refractivity contribution < 1.29 is 4.39 Å². The molecule has 0 atom stereocenters. The normalized spacial score (nSPS) is 10.5. The van der Waals surface area contributed by atoms with Crippen molar-refractivity contribution in [1.82, 2.24) is 9.97 Å². The van der Waals surface area contributed by atoms with E-state index in [4.69, 9.17) is 5.73 Å². The number of thioether (sulfide) groups is 1. The third-order valence-electron chi connectivity index (χ3n) is 3.87. The van der Waals surface area contributed by atoms with Gasteiger partial charge in [-0.05, 0) is 24.1 Å². The Morgan fingerprint density at radius 2 is 1.96 bits per heavy atom. The van der Waals surface area contributed by atoms with Crippen LogP contribution in [0.3, 0.4) is 0 Å². The van der Waals surface area contributed by atoms with Gasteiger partial charge in [0.25, 0.3) is 0 Å². The monoisotopic (exact) mass is 364 g/mol. The molecule has 0 bridgehead atoms. The molecule has 0 unspecified atom stereocenters. The molecule has 0 aliphatic heterocycles. The van der Waals surface area contributed by atoms with Crippen molar-refractivity contribution in [3.8, 4) is 6.07 Å². The van der Waals surface area contributed by atoms with Crippen molar-refractivity contribution in [1.29, 1.82) is 5.26 Å². The number of anilines is 1. The van der Waals surface area contributed by atoms with Gasteiger partial charge in [0.15, 0.2) is 5.16 Å². The molecule has 0 radical (unpaired) electrons. The zero-order chi connectivity index (χ0) is 18.5. The van der Waals surface area contributed by atoms with Crippen molar-refractivity contribution in [2.75, 3.05) is 5.73 Å². The second-order valence-electron chi connectivity index (χ2n) is 5.87. The van der Waals surface area contributed by atoms with Crippen LogP contribution in [0.2, 0.25) is 0 Å². The summed E-state index contributed by atoms with van der Waals surface area (Å²) in [5.41, 5.74) is 9.38. The third kappa shape index (κ3) is 4.19. The average Bonchev–Trinajstić information content (AvgIpc) is 2.62. The highest BCUT2D eigenvalue weighted by Gasteiger charge is 2.15. The fourth-order valence-electron chi connectivity index (χ4n) is 2.59. The lowest BCUT2D eigenvalue weighted by atomic mass is 10.1. The van der Waals surface area contributed by atoms with Crippen molar-refractivity contribution in [3.05, 3.63) is 82.3 Å². The molecule has 0 spiro atoms. The molecule has 130 valence electrons. The number of benzene rings is 2. The highest BCUT2D eigenvalue weighted by molar-refractivity contribution is 7.98. The Morgan fingerprint density at radius 1 is 1.15 bits per heavy atom. The van der Waals surface area contributed by atoms with E-state index in [1.807, 2.05) is 31.2 Å². The van der Waals surface area contributed by atoms with Gasteiger partial charge in [-0.15, -0.1) is 0 Å². The highest BCUT2D eigenvalue weighted by Crippen LogP contribution is 2.25. The Morgan fingerprint density at radius 3 is 2.69 bits per heavy atom. The molecular weight excluding hydrogens is 347 g/mol. The van der Waals surface area contributed by atoms with Gasteiger partial charge in [-0.25, -0.2) is 14.4 Å². The highest BCUT2D eigenvalue weighted by atomic mass is 32.2. The van der Waals surface area contributed by atoms with Crippen LogP contribution in [0.25, 0.3) is 0 Å². The quantitative estimate of drug-likeness (QED) is 0.541. The number of nitrogens with two attached hydrogens (primary N) is 1. The molecule has 3 aromatic rings. The second kappa shape index (κ2) is 7.98. The van der Waals surface area contributed by atoms with Gasteiger partial charge >= 0.3 is 0 Å². The molecule has 1 heterocycles. The van der Waals surface area contributed by atoms with Crippen LogP contribution in [0.5, 0.6) is 0 Å². The Balaban J connectivity index is 1.87. The van der Waals surface area contributed by atoms with Crippen LogP contribution in [-0.4, -0.2) is 9.97 Å². The summed E-state index contributed by atoms with van der Waals surface area (Å²) >= 11 is 1.44. The average molecular weight is 364 g/mol. The molecule has 4 nitrogen and oxygen atoms in total. The first-order chi connectivity index (χ1) is 12.6. The summed E-state index contributed by atoms with van der Waals surface area (Å²) in [7, 11) is 0. The van der Waals surface area contributed by atoms with Gasteiger partial charge in [0.05, 0.1) is 5.69 Å². The zero-order valence-corrected chi connectivity index (χ0v) is 15.1. The molecule has 0 fully saturated rings. The number of nitriles is 1. The van der Waals surface area contributed by atoms with E-state index in [0.717, 1.165) is 5.56 Å². The number of hydrogen-bond donors (Lipinski definition) is 1. The summed E-state index contributed by atoms with van der Waals surface area (Å²) in [5, 5.41) is 9.85.